The van der Waals surface area contributed by atoms with Crippen molar-refractivity contribution < 1.29 is 4.79 Å². The lowest BCUT2D eigenvalue weighted by atomic mass is 9.88. The Balaban J connectivity index is 1.70. The van der Waals surface area contributed by atoms with E-state index in [9.17, 15) is 4.79 Å². The molecule has 3 rings (SSSR count). The van der Waals surface area contributed by atoms with Crippen LogP contribution in [0.15, 0.2) is 24.3 Å². The number of rotatable bonds is 1. The second-order valence-electron chi connectivity index (χ2n) is 6.01. The Morgan fingerprint density at radius 3 is 2.68 bits per heavy atom. The first kappa shape index (κ1) is 12.7. The Kier molecular flexibility index (Phi) is 3.31. The summed E-state index contributed by atoms with van der Waals surface area (Å²) >= 11 is 0. The largest absolute Gasteiger partial charge is 0.337 e. The van der Waals surface area contributed by atoms with Gasteiger partial charge in [-0.05, 0) is 44.9 Å². The highest BCUT2D eigenvalue weighted by Gasteiger charge is 2.40. The Morgan fingerprint density at radius 2 is 2.00 bits per heavy atom. The quantitative estimate of drug-likeness (QED) is 0.838. The molecule has 102 valence electrons. The van der Waals surface area contributed by atoms with E-state index >= 15 is 0 Å². The number of benzene rings is 1. The Hall–Kier alpha value is -1.35. The zero-order chi connectivity index (χ0) is 13.3. The van der Waals surface area contributed by atoms with Gasteiger partial charge in [0, 0.05) is 24.2 Å². The molecule has 1 aromatic carbocycles. The number of carbonyl (C=O) groups excluding carboxylic acids is 1. The molecule has 19 heavy (non-hydrogen) atoms. The van der Waals surface area contributed by atoms with Crippen molar-refractivity contribution in [3.63, 3.8) is 0 Å². The van der Waals surface area contributed by atoms with Crippen LogP contribution in [0.5, 0.6) is 0 Å². The fourth-order valence-electron chi connectivity index (χ4n) is 3.30. The van der Waals surface area contributed by atoms with Gasteiger partial charge in [0.1, 0.15) is 0 Å². The molecule has 0 saturated carbocycles. The molecule has 1 amide bonds. The molecule has 3 nitrogen and oxygen atoms in total. The lowest BCUT2D eigenvalue weighted by Gasteiger charge is -2.34. The minimum absolute atomic E-state index is 0.184. The van der Waals surface area contributed by atoms with E-state index in [4.69, 9.17) is 0 Å². The van der Waals surface area contributed by atoms with Crippen molar-refractivity contribution in [2.45, 2.75) is 38.1 Å². The molecular formula is C16H22N2O. The first-order chi connectivity index (χ1) is 9.19. The van der Waals surface area contributed by atoms with Crippen LogP contribution in [0.4, 0.5) is 0 Å². The predicted octanol–water partition coefficient (Wildman–Crippen LogP) is 2.35. The lowest BCUT2D eigenvalue weighted by molar-refractivity contribution is 0.0775. The van der Waals surface area contributed by atoms with Crippen molar-refractivity contribution in [1.82, 2.24) is 10.2 Å². The van der Waals surface area contributed by atoms with Gasteiger partial charge >= 0.3 is 0 Å². The van der Waals surface area contributed by atoms with E-state index < -0.39 is 0 Å². The summed E-state index contributed by atoms with van der Waals surface area (Å²) in [6, 6.07) is 7.91. The molecule has 2 aliphatic heterocycles. The van der Waals surface area contributed by atoms with Crippen LogP contribution in [0.2, 0.25) is 0 Å². The minimum atomic E-state index is 0.184. The van der Waals surface area contributed by atoms with Gasteiger partial charge in [-0.3, -0.25) is 4.79 Å². The fraction of sp³-hybridized carbons (Fsp3) is 0.562. The molecule has 1 atom stereocenters. The van der Waals surface area contributed by atoms with Gasteiger partial charge in [0.2, 0.25) is 0 Å². The summed E-state index contributed by atoms with van der Waals surface area (Å²) in [6.45, 7) is 4.91. The number of hydrogen-bond donors (Lipinski definition) is 1. The van der Waals surface area contributed by atoms with Crippen molar-refractivity contribution in [3.8, 4) is 0 Å². The number of hydrogen-bond acceptors (Lipinski definition) is 2. The molecule has 0 bridgehead atoms. The summed E-state index contributed by atoms with van der Waals surface area (Å²) in [7, 11) is 0. The Bertz CT molecular complexity index is 460. The van der Waals surface area contributed by atoms with Crippen LogP contribution >= 0.6 is 0 Å². The third kappa shape index (κ3) is 2.52. The highest BCUT2D eigenvalue weighted by Crippen LogP contribution is 2.30. The molecule has 2 fully saturated rings. The van der Waals surface area contributed by atoms with Crippen LogP contribution in [-0.4, -0.2) is 36.0 Å². The summed E-state index contributed by atoms with van der Waals surface area (Å²) in [6.07, 6.45) is 4.88. The van der Waals surface area contributed by atoms with Crippen LogP contribution in [0, 0.1) is 6.92 Å². The highest BCUT2D eigenvalue weighted by atomic mass is 16.2. The molecule has 1 spiro atoms. The zero-order valence-corrected chi connectivity index (χ0v) is 11.6. The maximum Gasteiger partial charge on any atom is 0.253 e. The summed E-state index contributed by atoms with van der Waals surface area (Å²) in [5.74, 6) is 0.184. The monoisotopic (exact) mass is 258 g/mol. The normalized spacial score (nSPS) is 26.9. The number of nitrogens with zero attached hydrogens (tertiary/aromatic N) is 1. The molecule has 2 heterocycles. The maximum atomic E-state index is 12.5. The van der Waals surface area contributed by atoms with E-state index in [1.54, 1.807) is 0 Å². The van der Waals surface area contributed by atoms with E-state index in [1.165, 1.54) is 24.8 Å². The van der Waals surface area contributed by atoms with Crippen LogP contribution in [0.25, 0.3) is 0 Å². The van der Waals surface area contributed by atoms with E-state index in [2.05, 4.69) is 5.32 Å². The van der Waals surface area contributed by atoms with Gasteiger partial charge in [0.15, 0.2) is 0 Å². The van der Waals surface area contributed by atoms with Crippen LogP contribution in [-0.2, 0) is 0 Å². The number of piperidine rings is 1. The summed E-state index contributed by atoms with van der Waals surface area (Å²) in [5.41, 5.74) is 2.22. The van der Waals surface area contributed by atoms with Crippen molar-refractivity contribution >= 4 is 5.91 Å². The number of carbonyl (C=O) groups is 1. The van der Waals surface area contributed by atoms with E-state index in [0.717, 1.165) is 31.6 Å². The average molecular weight is 258 g/mol. The van der Waals surface area contributed by atoms with Gasteiger partial charge in [-0.25, -0.2) is 0 Å². The van der Waals surface area contributed by atoms with Gasteiger partial charge in [-0.15, -0.1) is 0 Å². The topological polar surface area (TPSA) is 32.3 Å². The molecule has 1 aromatic rings. The standard InChI is InChI=1S/C16H22N2O/c1-13-4-6-14(7-5-13)15(19)18-11-9-16(12-18)8-2-3-10-17-16/h4-7,17H,2-3,8-12H2,1H3. The van der Waals surface area contributed by atoms with Crippen LogP contribution < -0.4 is 5.32 Å². The fourth-order valence-corrected chi connectivity index (χ4v) is 3.30. The number of nitrogens with one attached hydrogen (secondary N) is 1. The summed E-state index contributed by atoms with van der Waals surface area (Å²) in [5, 5.41) is 3.65. The minimum Gasteiger partial charge on any atom is -0.337 e. The summed E-state index contributed by atoms with van der Waals surface area (Å²) in [4.78, 5) is 14.5. The Morgan fingerprint density at radius 1 is 1.21 bits per heavy atom. The van der Waals surface area contributed by atoms with Crippen LogP contribution in [0.1, 0.15) is 41.6 Å². The van der Waals surface area contributed by atoms with E-state index in [1.807, 2.05) is 36.1 Å². The van der Waals surface area contributed by atoms with Crippen molar-refractivity contribution in [3.05, 3.63) is 35.4 Å². The van der Waals surface area contributed by atoms with Crippen LogP contribution in [0.3, 0.4) is 0 Å². The second kappa shape index (κ2) is 4.97. The van der Waals surface area contributed by atoms with Gasteiger partial charge in [0.25, 0.3) is 5.91 Å². The number of likely N-dealkylation sites (tertiary alicyclic amines) is 1. The second-order valence-corrected chi connectivity index (χ2v) is 6.01. The molecule has 2 aliphatic rings. The van der Waals surface area contributed by atoms with Crippen molar-refractivity contribution in [2.24, 2.45) is 0 Å². The predicted molar refractivity (Wildman–Crippen MR) is 76.3 cm³/mol. The molecule has 3 heteroatoms. The Labute approximate surface area is 115 Å². The third-order valence-corrected chi connectivity index (χ3v) is 4.52. The molecule has 1 unspecified atom stereocenters. The van der Waals surface area contributed by atoms with Gasteiger partial charge < -0.3 is 10.2 Å². The zero-order valence-electron chi connectivity index (χ0n) is 11.6. The maximum absolute atomic E-state index is 12.5. The van der Waals surface area contributed by atoms with Gasteiger partial charge in [0.05, 0.1) is 0 Å². The molecule has 0 aliphatic carbocycles. The van der Waals surface area contributed by atoms with Crippen molar-refractivity contribution in [2.75, 3.05) is 19.6 Å². The first-order valence-corrected chi connectivity index (χ1v) is 7.30. The molecule has 2 saturated heterocycles. The van der Waals surface area contributed by atoms with Gasteiger partial charge in [-0.1, -0.05) is 24.1 Å². The highest BCUT2D eigenvalue weighted by molar-refractivity contribution is 5.94. The number of amides is 1. The summed E-state index contributed by atoms with van der Waals surface area (Å²) < 4.78 is 0. The molecule has 0 aromatic heterocycles. The molecule has 1 N–H and O–H groups in total. The molecular weight excluding hydrogens is 236 g/mol. The number of aryl methyl sites for hydroxylation is 1. The third-order valence-electron chi connectivity index (χ3n) is 4.52. The van der Waals surface area contributed by atoms with E-state index in [-0.39, 0.29) is 11.4 Å². The average Bonchev–Trinajstić information content (AvgIpc) is 2.83. The smallest absolute Gasteiger partial charge is 0.253 e. The SMILES string of the molecule is Cc1ccc(C(=O)N2CCC3(CCCCN3)C2)cc1. The lowest BCUT2D eigenvalue weighted by Crippen LogP contribution is -2.50. The molecule has 0 radical (unpaired) electrons. The van der Waals surface area contributed by atoms with Gasteiger partial charge in [-0.2, -0.15) is 0 Å². The van der Waals surface area contributed by atoms with Crippen molar-refractivity contribution in [1.29, 1.82) is 0 Å². The van der Waals surface area contributed by atoms with E-state index in [0.29, 0.717) is 0 Å². The first-order valence-electron chi connectivity index (χ1n) is 7.30.